The van der Waals surface area contributed by atoms with Crippen LogP contribution in [0.3, 0.4) is 0 Å². The third-order valence-corrected chi connectivity index (χ3v) is 7.75. The summed E-state index contributed by atoms with van der Waals surface area (Å²) in [6.07, 6.45) is 5.39. The zero-order valence-electron chi connectivity index (χ0n) is 22.9. The van der Waals surface area contributed by atoms with Crippen LogP contribution in [0.15, 0.2) is 70.8 Å². The van der Waals surface area contributed by atoms with E-state index in [1.807, 2.05) is 25.1 Å². The molecule has 0 bridgehead atoms. The highest BCUT2D eigenvalue weighted by molar-refractivity contribution is 8.18. The molecule has 42 heavy (non-hydrogen) atoms. The molecule has 0 spiro atoms. The van der Waals surface area contributed by atoms with Crippen molar-refractivity contribution in [3.63, 3.8) is 0 Å². The van der Waals surface area contributed by atoms with Crippen LogP contribution in [0.2, 0.25) is 5.02 Å². The Morgan fingerprint density at radius 1 is 1.10 bits per heavy atom. The van der Waals surface area contributed by atoms with E-state index in [0.717, 1.165) is 11.8 Å². The van der Waals surface area contributed by atoms with Gasteiger partial charge in [0.1, 0.15) is 0 Å². The number of hydrogen-bond acceptors (Lipinski definition) is 7. The van der Waals surface area contributed by atoms with Crippen LogP contribution in [0.5, 0.6) is 0 Å². The second-order valence-corrected chi connectivity index (χ2v) is 11.2. The van der Waals surface area contributed by atoms with Gasteiger partial charge in [-0.3, -0.25) is 19.6 Å². The molecule has 212 valence electrons. The van der Waals surface area contributed by atoms with E-state index in [-0.39, 0.29) is 17.4 Å². The van der Waals surface area contributed by atoms with Gasteiger partial charge >= 0.3 is 5.97 Å². The van der Waals surface area contributed by atoms with Crippen LogP contribution in [0.1, 0.15) is 42.4 Å². The van der Waals surface area contributed by atoms with E-state index in [1.165, 1.54) is 0 Å². The van der Waals surface area contributed by atoms with Gasteiger partial charge in [-0.15, -0.1) is 0 Å². The van der Waals surface area contributed by atoms with Gasteiger partial charge in [-0.25, -0.2) is 4.79 Å². The molecular weight excluding hydrogens is 574 g/mol. The van der Waals surface area contributed by atoms with Crippen molar-refractivity contribution in [1.29, 1.82) is 0 Å². The number of nitrogens with one attached hydrogen (secondary N) is 2. The van der Waals surface area contributed by atoms with Gasteiger partial charge in [0.15, 0.2) is 5.17 Å². The first-order valence-corrected chi connectivity index (χ1v) is 14.3. The number of anilines is 2. The standard InChI is InChI=1S/C31H26ClN5O4S/c1-4-22-27(30(40)41)26(18-9-11-33-12-10-18)20-13-17(5-8-23(20)35-22)14-25-29(39)37-31(42-25)36-24-15-19(6-7-21(24)32)34-28(38)16(2)3/h5-16H,4H2,1-3H3,(H,34,38)(H,40,41)(H,36,37,39). The van der Waals surface area contributed by atoms with Crippen molar-refractivity contribution in [2.75, 3.05) is 10.6 Å². The molecule has 2 aromatic heterocycles. The number of carboxylic acids is 1. The molecule has 2 amide bonds. The van der Waals surface area contributed by atoms with Crippen molar-refractivity contribution in [1.82, 2.24) is 9.97 Å². The van der Waals surface area contributed by atoms with Gasteiger partial charge in [0.25, 0.3) is 5.91 Å². The van der Waals surface area contributed by atoms with E-state index < -0.39 is 11.9 Å². The van der Waals surface area contributed by atoms with E-state index in [0.29, 0.717) is 66.2 Å². The fourth-order valence-electron chi connectivity index (χ4n) is 4.44. The number of aryl methyl sites for hydroxylation is 1. The van der Waals surface area contributed by atoms with Crippen LogP contribution in [0.25, 0.3) is 28.1 Å². The van der Waals surface area contributed by atoms with Gasteiger partial charge in [-0.2, -0.15) is 4.99 Å². The number of carbonyl (C=O) groups excluding carboxylic acids is 2. The molecule has 0 radical (unpaired) electrons. The molecule has 0 saturated carbocycles. The number of carboxylic acid groups (broad SMARTS) is 1. The Labute approximate surface area is 251 Å². The number of carbonyl (C=O) groups is 3. The molecule has 9 nitrogen and oxygen atoms in total. The summed E-state index contributed by atoms with van der Waals surface area (Å²) in [7, 11) is 0. The van der Waals surface area contributed by atoms with E-state index in [9.17, 15) is 19.5 Å². The summed E-state index contributed by atoms with van der Waals surface area (Å²) >= 11 is 7.51. The Balaban J connectivity index is 1.47. The Kier molecular flexibility index (Phi) is 8.37. The van der Waals surface area contributed by atoms with E-state index in [1.54, 1.807) is 62.6 Å². The summed E-state index contributed by atoms with van der Waals surface area (Å²) in [6.45, 7) is 5.47. The molecule has 4 aromatic rings. The Hall–Kier alpha value is -4.54. The van der Waals surface area contributed by atoms with Gasteiger partial charge in [0, 0.05) is 34.9 Å². The number of amides is 2. The minimum atomic E-state index is -1.06. The lowest BCUT2D eigenvalue weighted by Gasteiger charge is -2.15. The lowest BCUT2D eigenvalue weighted by Crippen LogP contribution is -2.17. The summed E-state index contributed by atoms with van der Waals surface area (Å²) in [5.74, 6) is -1.81. The third kappa shape index (κ3) is 6.05. The van der Waals surface area contributed by atoms with Crippen molar-refractivity contribution in [2.45, 2.75) is 27.2 Å². The summed E-state index contributed by atoms with van der Waals surface area (Å²) in [6, 6.07) is 14.0. The molecule has 1 aliphatic rings. The maximum atomic E-state index is 12.8. The second kappa shape index (κ2) is 12.1. The zero-order chi connectivity index (χ0) is 30.0. The minimum absolute atomic E-state index is 0.129. The first-order chi connectivity index (χ1) is 20.1. The molecule has 3 heterocycles. The fourth-order valence-corrected chi connectivity index (χ4v) is 5.43. The number of hydrogen-bond donors (Lipinski definition) is 3. The zero-order valence-corrected chi connectivity index (χ0v) is 24.5. The Morgan fingerprint density at radius 3 is 2.55 bits per heavy atom. The van der Waals surface area contributed by atoms with Crippen LogP contribution in [-0.4, -0.2) is 38.0 Å². The Bertz CT molecular complexity index is 1800. The molecule has 0 saturated heterocycles. The summed E-state index contributed by atoms with van der Waals surface area (Å²) in [4.78, 5) is 50.5. The molecule has 2 aromatic carbocycles. The van der Waals surface area contributed by atoms with Crippen molar-refractivity contribution in [3.8, 4) is 11.1 Å². The molecule has 3 N–H and O–H groups in total. The number of fused-ring (bicyclic) bond motifs is 1. The Morgan fingerprint density at radius 2 is 1.86 bits per heavy atom. The third-order valence-electron chi connectivity index (χ3n) is 6.52. The predicted octanol–water partition coefficient (Wildman–Crippen LogP) is 6.89. The number of amidine groups is 1. The average Bonchev–Trinajstić information content (AvgIpc) is 3.31. The molecule has 1 aliphatic heterocycles. The average molecular weight is 600 g/mol. The number of nitrogens with zero attached hydrogens (tertiary/aromatic N) is 3. The smallest absolute Gasteiger partial charge is 0.338 e. The van der Waals surface area contributed by atoms with Crippen molar-refractivity contribution < 1.29 is 19.5 Å². The number of pyridine rings is 2. The summed E-state index contributed by atoms with van der Waals surface area (Å²) in [5.41, 5.74) is 4.28. The van der Waals surface area contributed by atoms with E-state index >= 15 is 0 Å². The number of aromatic carboxylic acids is 1. The molecule has 0 unspecified atom stereocenters. The topological polar surface area (TPSA) is 134 Å². The van der Waals surface area contributed by atoms with Gasteiger partial charge in [-0.05, 0) is 77.9 Å². The first-order valence-electron chi connectivity index (χ1n) is 13.1. The van der Waals surface area contributed by atoms with Crippen molar-refractivity contribution >= 4 is 74.7 Å². The molecule has 0 fully saturated rings. The minimum Gasteiger partial charge on any atom is -0.478 e. The molecule has 0 aliphatic carbocycles. The van der Waals surface area contributed by atoms with Crippen LogP contribution in [-0.2, 0) is 16.0 Å². The molecular formula is C31H26ClN5O4S. The van der Waals surface area contributed by atoms with Crippen LogP contribution < -0.4 is 10.6 Å². The van der Waals surface area contributed by atoms with Crippen molar-refractivity contribution in [3.05, 3.63) is 87.7 Å². The number of thioether (sulfide) groups is 1. The summed E-state index contributed by atoms with van der Waals surface area (Å²) < 4.78 is 0. The van der Waals surface area contributed by atoms with Crippen LogP contribution in [0, 0.1) is 5.92 Å². The number of benzene rings is 2. The van der Waals surface area contributed by atoms with Crippen LogP contribution >= 0.6 is 23.4 Å². The lowest BCUT2D eigenvalue weighted by molar-refractivity contribution is -0.119. The van der Waals surface area contributed by atoms with Gasteiger partial charge in [-0.1, -0.05) is 38.4 Å². The predicted molar refractivity (Wildman–Crippen MR) is 168 cm³/mol. The van der Waals surface area contributed by atoms with E-state index in [2.05, 4.69) is 25.6 Å². The molecule has 0 atom stereocenters. The van der Waals surface area contributed by atoms with Gasteiger partial charge in [0.05, 0.1) is 32.4 Å². The SMILES string of the molecule is CCc1nc2ccc(C=C3SC(Nc4cc(NC(=O)C(C)C)ccc4Cl)=NC3=O)cc2c(-c2ccncc2)c1C(=O)O. The highest BCUT2D eigenvalue weighted by Gasteiger charge is 2.24. The number of aromatic nitrogens is 2. The first kappa shape index (κ1) is 29.0. The second-order valence-electron chi connectivity index (χ2n) is 9.78. The van der Waals surface area contributed by atoms with E-state index in [4.69, 9.17) is 11.6 Å². The molecule has 11 heteroatoms. The fraction of sp³-hybridized carbons (Fsp3) is 0.161. The highest BCUT2D eigenvalue weighted by atomic mass is 35.5. The monoisotopic (exact) mass is 599 g/mol. The van der Waals surface area contributed by atoms with Gasteiger partial charge < -0.3 is 15.7 Å². The molecule has 5 rings (SSSR count). The number of halogens is 1. The maximum absolute atomic E-state index is 12.8. The quantitative estimate of drug-likeness (QED) is 0.196. The van der Waals surface area contributed by atoms with Gasteiger partial charge in [0.2, 0.25) is 5.91 Å². The lowest BCUT2D eigenvalue weighted by atomic mass is 9.93. The normalized spacial score (nSPS) is 14.0. The number of aliphatic imine (C=N–C) groups is 1. The highest BCUT2D eigenvalue weighted by Crippen LogP contribution is 2.36. The maximum Gasteiger partial charge on any atom is 0.338 e. The summed E-state index contributed by atoms with van der Waals surface area (Å²) in [5, 5.41) is 17.4. The van der Waals surface area contributed by atoms with Crippen molar-refractivity contribution in [2.24, 2.45) is 10.9 Å². The number of rotatable bonds is 7. The largest absolute Gasteiger partial charge is 0.478 e. The van der Waals surface area contributed by atoms with Crippen LogP contribution in [0.4, 0.5) is 11.4 Å².